The molecule has 0 spiro atoms. The first kappa shape index (κ1) is 52.3. The molecule has 352 valence electrons. The van der Waals surface area contributed by atoms with Crippen molar-refractivity contribution in [3.8, 4) is 11.5 Å². The van der Waals surface area contributed by atoms with Gasteiger partial charge in [-0.3, -0.25) is 9.59 Å². The van der Waals surface area contributed by atoms with Crippen LogP contribution < -0.4 is 31.2 Å². The number of ether oxygens (including phenoxy) is 4. The first-order valence-corrected chi connectivity index (χ1v) is 19.2. The van der Waals surface area contributed by atoms with Crippen LogP contribution in [0, 0.1) is 0 Å². The Morgan fingerprint density at radius 1 is 0.734 bits per heavy atom. The molecule has 2 aliphatic heterocycles. The van der Waals surface area contributed by atoms with Gasteiger partial charge >= 0.3 is 12.4 Å². The number of nitrogens with one attached hydrogen (secondary N) is 3. The molecule has 2 fully saturated rings. The maximum atomic E-state index is 13.0. The van der Waals surface area contributed by atoms with Gasteiger partial charge in [-0.25, -0.2) is 23.7 Å². The van der Waals surface area contributed by atoms with E-state index in [1.807, 2.05) is 0 Å². The fourth-order valence-electron chi connectivity index (χ4n) is 5.58. The largest absolute Gasteiger partial charge is 0.489 e. The van der Waals surface area contributed by atoms with Gasteiger partial charge in [0.15, 0.2) is 0 Å². The number of rotatable bonds is 12. The lowest BCUT2D eigenvalue weighted by Crippen LogP contribution is -2.40. The lowest BCUT2D eigenvalue weighted by Gasteiger charge is -2.27. The van der Waals surface area contributed by atoms with E-state index in [0.29, 0.717) is 87.6 Å². The molecule has 0 atom stereocenters. The Kier molecular flexibility index (Phi) is 20.2. The van der Waals surface area contributed by atoms with Crippen molar-refractivity contribution in [1.29, 1.82) is 0 Å². The van der Waals surface area contributed by atoms with Gasteiger partial charge in [-0.2, -0.15) is 31.3 Å². The molecule has 4 heterocycles. The van der Waals surface area contributed by atoms with E-state index in [0.717, 1.165) is 0 Å². The number of benzene rings is 2. The second-order valence-electron chi connectivity index (χ2n) is 12.8. The Morgan fingerprint density at radius 3 is 1.67 bits per heavy atom. The van der Waals surface area contributed by atoms with E-state index in [4.69, 9.17) is 36.3 Å². The van der Waals surface area contributed by atoms with Crippen LogP contribution in [0.4, 0.5) is 64.1 Å². The zero-order valence-electron chi connectivity index (χ0n) is 33.7. The van der Waals surface area contributed by atoms with Gasteiger partial charge in [-0.05, 0) is 48.0 Å². The Morgan fingerprint density at radius 2 is 1.19 bits per heavy atom. The van der Waals surface area contributed by atoms with E-state index in [1.54, 1.807) is 28.0 Å². The van der Waals surface area contributed by atoms with Gasteiger partial charge in [0.05, 0.1) is 37.8 Å². The van der Waals surface area contributed by atoms with Crippen LogP contribution in [-0.2, 0) is 21.8 Å². The second-order valence-corrected chi connectivity index (χ2v) is 13.2. The van der Waals surface area contributed by atoms with Crippen LogP contribution in [0.15, 0.2) is 48.8 Å². The molecule has 64 heavy (non-hydrogen) atoms. The molecule has 25 heteroatoms. The van der Waals surface area contributed by atoms with Gasteiger partial charge in [0.25, 0.3) is 11.8 Å². The van der Waals surface area contributed by atoms with Crippen LogP contribution in [0.5, 0.6) is 11.5 Å². The molecule has 0 unspecified atom stereocenters. The summed E-state index contributed by atoms with van der Waals surface area (Å²) in [6.45, 7) is 2.33. The maximum absolute atomic E-state index is 13.0. The number of nitrogens with two attached hydrogens (primary N) is 1. The average Bonchev–Trinajstić information content (AvgIpc) is 3.28. The van der Waals surface area contributed by atoms with E-state index in [-0.39, 0.29) is 60.9 Å². The van der Waals surface area contributed by atoms with Crippen molar-refractivity contribution < 1.29 is 63.7 Å². The molecule has 2 saturated heterocycles. The number of nitrogen functional groups attached to an aromatic ring is 1. The molecule has 0 saturated carbocycles. The summed E-state index contributed by atoms with van der Waals surface area (Å²) in [6.07, 6.45) is -7.79. The highest BCUT2D eigenvalue weighted by atomic mass is 35.5. The third-order valence-corrected chi connectivity index (χ3v) is 8.82. The normalized spacial score (nSPS) is 13.8. The third kappa shape index (κ3) is 15.1. The second kappa shape index (κ2) is 24.7. The number of amides is 2. The highest BCUT2D eigenvalue weighted by molar-refractivity contribution is 6.28. The molecule has 5 N–H and O–H groups in total. The molecule has 2 aromatic carbocycles. The van der Waals surface area contributed by atoms with Crippen molar-refractivity contribution in [2.75, 3.05) is 115 Å². The predicted molar refractivity (Wildman–Crippen MR) is 222 cm³/mol. The highest BCUT2D eigenvalue weighted by Gasteiger charge is 2.36. The summed E-state index contributed by atoms with van der Waals surface area (Å²) in [5.74, 6) is -0.697. The van der Waals surface area contributed by atoms with Gasteiger partial charge in [0, 0.05) is 63.8 Å². The zero-order chi connectivity index (χ0) is 46.2. The number of anilines is 5. The van der Waals surface area contributed by atoms with E-state index < -0.39 is 42.6 Å². The van der Waals surface area contributed by atoms with Crippen molar-refractivity contribution in [3.63, 3.8) is 0 Å². The minimum absolute atomic E-state index is 0. The van der Waals surface area contributed by atoms with E-state index in [9.17, 15) is 44.7 Å². The van der Waals surface area contributed by atoms with Crippen molar-refractivity contribution >= 4 is 52.4 Å². The summed E-state index contributed by atoms with van der Waals surface area (Å²) in [4.78, 5) is 42.4. The predicted octanol–water partition coefficient (Wildman–Crippen LogP) is 7.02. The summed E-state index contributed by atoms with van der Waals surface area (Å²) < 4.78 is 121. The van der Waals surface area contributed by atoms with Gasteiger partial charge < -0.3 is 50.4 Å². The van der Waals surface area contributed by atoms with Crippen molar-refractivity contribution in [2.45, 2.75) is 19.8 Å². The number of carbonyl (C=O) groups excluding carboxylic acids is 2. The molecule has 16 nitrogen and oxygen atoms in total. The van der Waals surface area contributed by atoms with Crippen molar-refractivity contribution in [1.82, 2.24) is 29.7 Å². The van der Waals surface area contributed by atoms with Crippen LogP contribution >= 0.6 is 11.6 Å². The van der Waals surface area contributed by atoms with Crippen molar-refractivity contribution in [3.05, 3.63) is 76.3 Å². The number of hydrogen-bond donors (Lipinski definition) is 4. The van der Waals surface area contributed by atoms with Crippen molar-refractivity contribution in [2.24, 2.45) is 0 Å². The topological polar surface area (TPSA) is 191 Å². The molecular weight excluding hydrogens is 892 g/mol. The number of morpholine rings is 2. The van der Waals surface area contributed by atoms with Crippen LogP contribution in [-0.4, -0.2) is 135 Å². The minimum atomic E-state index is -4.62. The van der Waals surface area contributed by atoms with Crippen LogP contribution in [0.2, 0.25) is 5.28 Å². The lowest BCUT2D eigenvalue weighted by molar-refractivity contribution is -0.138. The molecule has 6 rings (SSSR count). The molecule has 2 aliphatic rings. The summed E-state index contributed by atoms with van der Waals surface area (Å²) in [7, 11) is 2.64. The molecule has 0 bridgehead atoms. The number of halogens is 9. The number of hydrogen-bond acceptors (Lipinski definition) is 14. The number of alkyl halides is 8. The molecule has 0 radical (unpaired) electrons. The smallest absolute Gasteiger partial charge is 0.421 e. The zero-order valence-corrected chi connectivity index (χ0v) is 34.5. The number of nitrogens with zero attached hydrogens (tertiary/aromatic N) is 6. The fourth-order valence-corrected chi connectivity index (χ4v) is 5.72. The van der Waals surface area contributed by atoms with E-state index in [2.05, 4.69) is 35.9 Å². The average molecular weight is 939 g/mol. The van der Waals surface area contributed by atoms with E-state index >= 15 is 0 Å². The molecule has 2 amide bonds. The minimum Gasteiger partial charge on any atom is -0.489 e. The van der Waals surface area contributed by atoms with Gasteiger partial charge in [0.2, 0.25) is 11.2 Å². The third-order valence-electron chi connectivity index (χ3n) is 8.63. The summed E-state index contributed by atoms with van der Waals surface area (Å²) >= 11 is 5.32. The Labute approximate surface area is 367 Å². The maximum Gasteiger partial charge on any atom is 0.421 e. The number of aromatic nitrogens is 4. The van der Waals surface area contributed by atoms with Crippen LogP contribution in [0.25, 0.3) is 0 Å². The Balaban J connectivity index is 0.000000280. The van der Waals surface area contributed by atoms with Gasteiger partial charge in [-0.15, -0.1) is 0 Å². The Hall–Kier alpha value is -6.01. The molecular formula is C39H47ClF8N10O6. The molecule has 2 aromatic heterocycles. The van der Waals surface area contributed by atoms with E-state index in [1.165, 1.54) is 32.3 Å². The van der Waals surface area contributed by atoms with Crippen LogP contribution in [0.1, 0.15) is 39.3 Å². The SMILES string of the molecule is C.CNc1nc(Cl)ncc1C(F)(F)F.CNc1nc(Nc2ccc(C(=O)N3CCOCC3)cc2OCCF)ncc1C(F)(F)F.Nc1ccc(C(=O)N2CCOCC2)cc1OCCF. The summed E-state index contributed by atoms with van der Waals surface area (Å²) in [5.41, 5.74) is 5.25. The number of carbonyl (C=O) groups is 2. The standard InChI is InChI=1S/C19H21F4N5O3.C13H17FN2O3.C6H5ClF3N3.CH4/c1-24-16-13(19(21,22)23)11-25-18(27-16)26-14-3-2-12(10-15(14)31-7-4-20)17(29)28-5-8-30-9-6-28;14-3-6-19-12-9-10(1-2-11(12)15)13(17)16-4-7-18-8-5-16;1-11-4-3(6(8,9)10)2-12-5(7)13-4;/h2-3,10-11H,4-9H2,1H3,(H2,24,25,26,27);1-2,9H,3-8,15H2;2H,1H3,(H,11,12,13);1H4. The van der Waals surface area contributed by atoms with Crippen LogP contribution in [0.3, 0.4) is 0 Å². The highest BCUT2D eigenvalue weighted by Crippen LogP contribution is 2.36. The quantitative estimate of drug-likeness (QED) is 0.0644. The first-order chi connectivity index (χ1) is 30.0. The summed E-state index contributed by atoms with van der Waals surface area (Å²) in [6, 6.07) is 9.28. The van der Waals surface area contributed by atoms with Gasteiger partial charge in [-0.1, -0.05) is 7.43 Å². The monoisotopic (exact) mass is 938 g/mol. The lowest BCUT2D eigenvalue weighted by atomic mass is 10.1. The summed E-state index contributed by atoms with van der Waals surface area (Å²) in [5, 5.41) is 7.21. The molecule has 4 aromatic rings. The van der Waals surface area contributed by atoms with Gasteiger partial charge in [0.1, 0.15) is 60.8 Å². The fraction of sp³-hybridized carbons (Fsp3) is 0.436. The Bertz CT molecular complexity index is 2130. The molecule has 0 aliphatic carbocycles. The first-order valence-electron chi connectivity index (χ1n) is 18.8.